The van der Waals surface area contributed by atoms with Gasteiger partial charge in [0.25, 0.3) is 5.91 Å². The molecule has 0 fully saturated rings. The van der Waals surface area contributed by atoms with Gasteiger partial charge in [0.2, 0.25) is 0 Å². The normalized spacial score (nSPS) is 12.4. The zero-order valence-electron chi connectivity index (χ0n) is 12.1. The van der Waals surface area contributed by atoms with E-state index in [-0.39, 0.29) is 11.9 Å². The van der Waals surface area contributed by atoms with E-state index in [4.69, 9.17) is 0 Å². The van der Waals surface area contributed by atoms with Crippen LogP contribution in [0.1, 0.15) is 27.5 Å². The van der Waals surface area contributed by atoms with Gasteiger partial charge in [0.15, 0.2) is 0 Å². The summed E-state index contributed by atoms with van der Waals surface area (Å²) >= 11 is 1.68. The highest BCUT2D eigenvalue weighted by Crippen LogP contribution is 2.20. The van der Waals surface area contributed by atoms with E-state index in [1.165, 1.54) is 5.56 Å². The van der Waals surface area contributed by atoms with Crippen molar-refractivity contribution in [2.75, 3.05) is 20.6 Å². The standard InChI is InChI=1S/C16H20N2OS/c1-12-5-4-6-13(9-12)16(19)17-10-15(18(2)3)14-7-8-20-11-14/h4-9,11,15H,10H2,1-3H3,(H,17,19). The molecule has 1 aromatic carbocycles. The number of nitrogens with zero attached hydrogens (tertiary/aromatic N) is 1. The van der Waals surface area contributed by atoms with Crippen molar-refractivity contribution >= 4 is 17.2 Å². The third-order valence-electron chi connectivity index (χ3n) is 3.29. The fourth-order valence-corrected chi connectivity index (χ4v) is 2.85. The second-order valence-corrected chi connectivity index (χ2v) is 5.90. The summed E-state index contributed by atoms with van der Waals surface area (Å²) in [5, 5.41) is 7.21. The number of nitrogens with one attached hydrogen (secondary N) is 1. The monoisotopic (exact) mass is 288 g/mol. The molecule has 2 rings (SSSR count). The van der Waals surface area contributed by atoms with Gasteiger partial charge < -0.3 is 10.2 Å². The minimum absolute atomic E-state index is 0.0178. The van der Waals surface area contributed by atoms with E-state index in [0.29, 0.717) is 12.1 Å². The maximum absolute atomic E-state index is 12.2. The number of hydrogen-bond acceptors (Lipinski definition) is 3. The highest BCUT2D eigenvalue weighted by Gasteiger charge is 2.16. The van der Waals surface area contributed by atoms with Crippen molar-refractivity contribution in [3.05, 3.63) is 57.8 Å². The molecule has 1 N–H and O–H groups in total. The predicted octanol–water partition coefficient (Wildman–Crippen LogP) is 3.09. The first-order chi connectivity index (χ1) is 9.58. The Morgan fingerprint density at radius 3 is 2.75 bits per heavy atom. The average molecular weight is 288 g/mol. The summed E-state index contributed by atoms with van der Waals surface area (Å²) in [7, 11) is 4.06. The minimum atomic E-state index is -0.0178. The van der Waals surface area contributed by atoms with E-state index < -0.39 is 0 Å². The molecular formula is C16H20N2OS. The Kier molecular flexibility index (Phi) is 4.93. The van der Waals surface area contributed by atoms with Crippen LogP contribution < -0.4 is 5.32 Å². The SMILES string of the molecule is Cc1cccc(C(=O)NCC(c2ccsc2)N(C)C)c1. The van der Waals surface area contributed by atoms with Gasteiger partial charge in [-0.25, -0.2) is 0 Å². The van der Waals surface area contributed by atoms with Gasteiger partial charge in [-0.1, -0.05) is 17.7 Å². The van der Waals surface area contributed by atoms with Crippen LogP contribution in [-0.4, -0.2) is 31.4 Å². The molecule has 1 aromatic heterocycles. The maximum atomic E-state index is 12.2. The Morgan fingerprint density at radius 2 is 2.15 bits per heavy atom. The first-order valence-corrected chi connectivity index (χ1v) is 7.55. The van der Waals surface area contributed by atoms with Crippen LogP contribution >= 0.6 is 11.3 Å². The van der Waals surface area contributed by atoms with Crippen LogP contribution in [0.2, 0.25) is 0 Å². The molecule has 20 heavy (non-hydrogen) atoms. The minimum Gasteiger partial charge on any atom is -0.350 e. The van der Waals surface area contributed by atoms with Crippen molar-refractivity contribution in [2.24, 2.45) is 0 Å². The number of aryl methyl sites for hydroxylation is 1. The number of benzene rings is 1. The van der Waals surface area contributed by atoms with E-state index >= 15 is 0 Å². The van der Waals surface area contributed by atoms with Gasteiger partial charge in [-0.2, -0.15) is 11.3 Å². The van der Waals surface area contributed by atoms with Gasteiger partial charge in [-0.05, 0) is 55.5 Å². The first-order valence-electron chi connectivity index (χ1n) is 6.61. The summed E-state index contributed by atoms with van der Waals surface area (Å²) in [5.41, 5.74) is 3.05. The second-order valence-electron chi connectivity index (χ2n) is 5.12. The molecule has 0 bridgehead atoms. The molecule has 0 aliphatic rings. The van der Waals surface area contributed by atoms with E-state index in [9.17, 15) is 4.79 Å². The molecule has 1 unspecified atom stereocenters. The van der Waals surface area contributed by atoms with E-state index in [1.807, 2.05) is 45.3 Å². The van der Waals surface area contributed by atoms with Crippen molar-refractivity contribution < 1.29 is 4.79 Å². The van der Waals surface area contributed by atoms with Crippen LogP contribution in [0.3, 0.4) is 0 Å². The van der Waals surface area contributed by atoms with Gasteiger partial charge in [0.1, 0.15) is 0 Å². The largest absolute Gasteiger partial charge is 0.350 e. The summed E-state index contributed by atoms with van der Waals surface area (Å²) in [5.74, 6) is -0.0178. The maximum Gasteiger partial charge on any atom is 0.251 e. The highest BCUT2D eigenvalue weighted by molar-refractivity contribution is 7.07. The summed E-state index contributed by atoms with van der Waals surface area (Å²) < 4.78 is 0. The topological polar surface area (TPSA) is 32.3 Å². The van der Waals surface area contributed by atoms with Crippen LogP contribution in [0.5, 0.6) is 0 Å². The number of carbonyl (C=O) groups is 1. The molecule has 2 aromatic rings. The smallest absolute Gasteiger partial charge is 0.251 e. The van der Waals surface area contributed by atoms with Crippen molar-refractivity contribution in [3.8, 4) is 0 Å². The number of rotatable bonds is 5. The Labute approximate surface area is 124 Å². The molecule has 0 spiro atoms. The van der Waals surface area contributed by atoms with Crippen LogP contribution in [-0.2, 0) is 0 Å². The second kappa shape index (κ2) is 6.68. The molecule has 3 nitrogen and oxygen atoms in total. The zero-order valence-corrected chi connectivity index (χ0v) is 12.9. The number of hydrogen-bond donors (Lipinski definition) is 1. The number of thiophene rings is 1. The molecule has 106 valence electrons. The van der Waals surface area contributed by atoms with Crippen molar-refractivity contribution in [1.29, 1.82) is 0 Å². The van der Waals surface area contributed by atoms with Crippen LogP contribution in [0.25, 0.3) is 0 Å². The number of amides is 1. The predicted molar refractivity (Wildman–Crippen MR) is 84.3 cm³/mol. The van der Waals surface area contributed by atoms with Crippen LogP contribution in [0.4, 0.5) is 0 Å². The quantitative estimate of drug-likeness (QED) is 0.917. The Hall–Kier alpha value is -1.65. The van der Waals surface area contributed by atoms with Crippen molar-refractivity contribution in [3.63, 3.8) is 0 Å². The number of carbonyl (C=O) groups excluding carboxylic acids is 1. The van der Waals surface area contributed by atoms with E-state index in [0.717, 1.165) is 5.56 Å². The van der Waals surface area contributed by atoms with Crippen LogP contribution in [0.15, 0.2) is 41.1 Å². The lowest BCUT2D eigenvalue weighted by atomic mass is 10.1. The third kappa shape index (κ3) is 3.68. The fraction of sp³-hybridized carbons (Fsp3) is 0.312. The Balaban J connectivity index is 2.01. The van der Waals surface area contributed by atoms with Gasteiger partial charge in [-0.3, -0.25) is 4.79 Å². The molecule has 0 aliphatic carbocycles. The Bertz CT molecular complexity index is 564. The molecule has 1 amide bonds. The van der Waals surface area contributed by atoms with Crippen molar-refractivity contribution in [1.82, 2.24) is 10.2 Å². The fourth-order valence-electron chi connectivity index (χ4n) is 2.14. The molecule has 0 saturated heterocycles. The van der Waals surface area contributed by atoms with Crippen molar-refractivity contribution in [2.45, 2.75) is 13.0 Å². The van der Waals surface area contributed by atoms with Gasteiger partial charge in [0.05, 0.1) is 6.04 Å². The highest BCUT2D eigenvalue weighted by atomic mass is 32.1. The summed E-state index contributed by atoms with van der Waals surface area (Å²) in [6.45, 7) is 2.60. The van der Waals surface area contributed by atoms with E-state index in [2.05, 4.69) is 27.0 Å². The molecule has 1 heterocycles. The molecular weight excluding hydrogens is 268 g/mol. The van der Waals surface area contributed by atoms with Gasteiger partial charge in [0, 0.05) is 12.1 Å². The Morgan fingerprint density at radius 1 is 1.35 bits per heavy atom. The number of likely N-dealkylation sites (N-methyl/N-ethyl adjacent to an activating group) is 1. The van der Waals surface area contributed by atoms with Crippen LogP contribution in [0, 0.1) is 6.92 Å². The lowest BCUT2D eigenvalue weighted by Crippen LogP contribution is -2.34. The zero-order chi connectivity index (χ0) is 14.5. The third-order valence-corrected chi connectivity index (χ3v) is 3.99. The molecule has 0 saturated carbocycles. The summed E-state index contributed by atoms with van der Waals surface area (Å²) in [6.07, 6.45) is 0. The van der Waals surface area contributed by atoms with Gasteiger partial charge in [-0.15, -0.1) is 0 Å². The molecule has 1 atom stereocenters. The average Bonchev–Trinajstić information content (AvgIpc) is 2.92. The van der Waals surface area contributed by atoms with E-state index in [1.54, 1.807) is 11.3 Å². The summed E-state index contributed by atoms with van der Waals surface area (Å²) in [6, 6.07) is 9.96. The van der Waals surface area contributed by atoms with Gasteiger partial charge >= 0.3 is 0 Å². The lowest BCUT2D eigenvalue weighted by molar-refractivity contribution is 0.0942. The molecule has 0 aliphatic heterocycles. The molecule has 4 heteroatoms. The first kappa shape index (κ1) is 14.8. The summed E-state index contributed by atoms with van der Waals surface area (Å²) in [4.78, 5) is 14.3. The lowest BCUT2D eigenvalue weighted by Gasteiger charge is -2.24. The molecule has 0 radical (unpaired) electrons.